The first kappa shape index (κ1) is 18.7. The van der Waals surface area contributed by atoms with Crippen molar-refractivity contribution in [3.8, 4) is 5.75 Å². The van der Waals surface area contributed by atoms with Crippen LogP contribution in [0.25, 0.3) is 10.9 Å². The van der Waals surface area contributed by atoms with E-state index in [0.717, 1.165) is 10.9 Å². The molecule has 3 rings (SSSR count). The second-order valence-electron chi connectivity index (χ2n) is 7.47. The molecule has 0 unspecified atom stereocenters. The number of hydrogen-bond donors (Lipinski definition) is 1. The molecule has 0 aliphatic carbocycles. The Morgan fingerprint density at radius 1 is 1.00 bits per heavy atom. The van der Waals surface area contributed by atoms with E-state index in [1.807, 2.05) is 69.3 Å². The lowest BCUT2D eigenvalue weighted by Crippen LogP contribution is -2.36. The van der Waals surface area contributed by atoms with E-state index < -0.39 is 11.7 Å². The summed E-state index contributed by atoms with van der Waals surface area (Å²) in [5.41, 5.74) is 1.64. The van der Waals surface area contributed by atoms with Crippen LogP contribution in [0.3, 0.4) is 0 Å². The van der Waals surface area contributed by atoms with Crippen LogP contribution in [0.2, 0.25) is 0 Å². The van der Waals surface area contributed by atoms with E-state index in [0.29, 0.717) is 17.8 Å². The molecular formula is C22H24N2O3. The highest BCUT2D eigenvalue weighted by atomic mass is 16.6. The van der Waals surface area contributed by atoms with Crippen LogP contribution in [0.1, 0.15) is 32.0 Å². The van der Waals surface area contributed by atoms with Gasteiger partial charge >= 0.3 is 6.09 Å². The molecule has 1 amide bonds. The van der Waals surface area contributed by atoms with E-state index in [1.165, 1.54) is 0 Å². The summed E-state index contributed by atoms with van der Waals surface area (Å²) in [7, 11) is 0. The Hall–Kier alpha value is -3.08. The molecule has 140 valence electrons. The molecule has 27 heavy (non-hydrogen) atoms. The third kappa shape index (κ3) is 4.97. The normalized spacial score (nSPS) is 11.4. The summed E-state index contributed by atoms with van der Waals surface area (Å²) in [4.78, 5) is 18.9. The van der Waals surface area contributed by atoms with Gasteiger partial charge in [-0.3, -0.25) is 4.90 Å². The summed E-state index contributed by atoms with van der Waals surface area (Å²) >= 11 is 0. The average Bonchev–Trinajstić information content (AvgIpc) is 2.61. The molecule has 5 nitrogen and oxygen atoms in total. The van der Waals surface area contributed by atoms with Crippen molar-refractivity contribution in [2.75, 3.05) is 0 Å². The number of carbonyl (C=O) groups is 1. The molecule has 5 heteroatoms. The Morgan fingerprint density at radius 3 is 2.44 bits per heavy atom. The monoisotopic (exact) mass is 364 g/mol. The number of amides is 1. The molecule has 0 spiro atoms. The number of phenols is 1. The largest absolute Gasteiger partial charge is 0.506 e. The first-order valence-corrected chi connectivity index (χ1v) is 8.91. The summed E-state index contributed by atoms with van der Waals surface area (Å²) in [6.07, 6.45) is -0.398. The van der Waals surface area contributed by atoms with E-state index in [9.17, 15) is 9.90 Å². The minimum atomic E-state index is -0.582. The number of ether oxygens (including phenoxy) is 1. The SMILES string of the molecule is CC(C)(C)OC(=O)N(Cc1ccccc1)Cc1ccc2cccc(O)c2n1. The molecular weight excluding hydrogens is 340 g/mol. The smallest absolute Gasteiger partial charge is 0.410 e. The van der Waals surface area contributed by atoms with Crippen molar-refractivity contribution in [3.63, 3.8) is 0 Å². The van der Waals surface area contributed by atoms with Gasteiger partial charge in [0.1, 0.15) is 16.9 Å². The van der Waals surface area contributed by atoms with Gasteiger partial charge < -0.3 is 9.84 Å². The van der Waals surface area contributed by atoms with Gasteiger partial charge in [0.2, 0.25) is 0 Å². The highest BCUT2D eigenvalue weighted by Crippen LogP contribution is 2.23. The maximum atomic E-state index is 12.7. The predicted molar refractivity (Wildman–Crippen MR) is 105 cm³/mol. The Balaban J connectivity index is 1.88. The Morgan fingerprint density at radius 2 is 1.74 bits per heavy atom. The molecule has 2 aromatic carbocycles. The van der Waals surface area contributed by atoms with E-state index >= 15 is 0 Å². The number of pyridine rings is 1. The first-order chi connectivity index (χ1) is 12.8. The van der Waals surface area contributed by atoms with Crippen LogP contribution in [0, 0.1) is 0 Å². The lowest BCUT2D eigenvalue weighted by molar-refractivity contribution is 0.0214. The zero-order valence-corrected chi connectivity index (χ0v) is 15.8. The quantitative estimate of drug-likeness (QED) is 0.717. The summed E-state index contributed by atoms with van der Waals surface area (Å²) in [5.74, 6) is 0.126. The van der Waals surface area contributed by atoms with Gasteiger partial charge in [0, 0.05) is 11.9 Å². The van der Waals surface area contributed by atoms with Crippen molar-refractivity contribution in [2.24, 2.45) is 0 Å². The Kier molecular flexibility index (Phi) is 5.31. The first-order valence-electron chi connectivity index (χ1n) is 8.91. The molecule has 0 saturated carbocycles. The maximum Gasteiger partial charge on any atom is 0.410 e. The van der Waals surface area contributed by atoms with E-state index in [4.69, 9.17) is 4.74 Å². The summed E-state index contributed by atoms with van der Waals surface area (Å²) in [6, 6.07) is 18.8. The van der Waals surface area contributed by atoms with Crippen molar-refractivity contribution in [1.29, 1.82) is 0 Å². The molecule has 3 aromatic rings. The van der Waals surface area contributed by atoms with Crippen LogP contribution in [-0.2, 0) is 17.8 Å². The Labute approximate surface area is 159 Å². The summed E-state index contributed by atoms with van der Waals surface area (Å²) in [6.45, 7) is 6.23. The van der Waals surface area contributed by atoms with Gasteiger partial charge in [-0.05, 0) is 38.5 Å². The minimum Gasteiger partial charge on any atom is -0.506 e. The van der Waals surface area contributed by atoms with Gasteiger partial charge in [-0.1, -0.05) is 48.5 Å². The lowest BCUT2D eigenvalue weighted by atomic mass is 10.1. The number of fused-ring (bicyclic) bond motifs is 1. The predicted octanol–water partition coefficient (Wildman–Crippen LogP) is 4.88. The maximum absolute atomic E-state index is 12.7. The molecule has 1 aromatic heterocycles. The fourth-order valence-corrected chi connectivity index (χ4v) is 2.77. The molecule has 0 radical (unpaired) electrons. The second-order valence-corrected chi connectivity index (χ2v) is 7.47. The van der Waals surface area contributed by atoms with Crippen LogP contribution in [0.15, 0.2) is 60.7 Å². The fourth-order valence-electron chi connectivity index (χ4n) is 2.77. The molecule has 1 N–H and O–H groups in total. The Bertz CT molecular complexity index is 933. The van der Waals surface area contributed by atoms with Gasteiger partial charge in [-0.2, -0.15) is 0 Å². The number of nitrogens with zero attached hydrogens (tertiary/aromatic N) is 2. The van der Waals surface area contributed by atoms with Crippen molar-refractivity contribution >= 4 is 17.0 Å². The van der Waals surface area contributed by atoms with Crippen LogP contribution >= 0.6 is 0 Å². The summed E-state index contributed by atoms with van der Waals surface area (Å²) < 4.78 is 5.57. The standard InChI is InChI=1S/C22H24N2O3/c1-22(2,3)27-21(26)24(14-16-8-5-4-6-9-16)15-18-13-12-17-10-7-11-19(25)20(17)23-18/h4-13,25H,14-15H2,1-3H3. The van der Waals surface area contributed by atoms with Crippen LogP contribution in [-0.4, -0.2) is 26.7 Å². The van der Waals surface area contributed by atoms with Gasteiger partial charge in [-0.25, -0.2) is 9.78 Å². The average molecular weight is 364 g/mol. The third-order valence-corrected chi connectivity index (χ3v) is 3.98. The van der Waals surface area contributed by atoms with Crippen LogP contribution < -0.4 is 0 Å². The zero-order chi connectivity index (χ0) is 19.4. The number of phenolic OH excluding ortho intramolecular Hbond substituents is 1. The summed E-state index contributed by atoms with van der Waals surface area (Å²) in [5, 5.41) is 10.9. The number of rotatable bonds is 4. The fraction of sp³-hybridized carbons (Fsp3) is 0.273. The number of aromatic nitrogens is 1. The van der Waals surface area contributed by atoms with Gasteiger partial charge in [0.25, 0.3) is 0 Å². The molecule has 0 atom stereocenters. The number of benzene rings is 2. The number of para-hydroxylation sites is 1. The number of hydrogen-bond acceptors (Lipinski definition) is 4. The highest BCUT2D eigenvalue weighted by molar-refractivity contribution is 5.84. The minimum absolute atomic E-state index is 0.126. The number of aromatic hydroxyl groups is 1. The van der Waals surface area contributed by atoms with Crippen LogP contribution in [0.5, 0.6) is 5.75 Å². The van der Waals surface area contributed by atoms with Crippen molar-refractivity contribution in [3.05, 3.63) is 71.9 Å². The van der Waals surface area contributed by atoms with E-state index in [1.54, 1.807) is 17.0 Å². The second kappa shape index (κ2) is 7.66. The van der Waals surface area contributed by atoms with E-state index in [2.05, 4.69) is 4.98 Å². The third-order valence-electron chi connectivity index (χ3n) is 3.98. The zero-order valence-electron chi connectivity index (χ0n) is 15.8. The topological polar surface area (TPSA) is 62.7 Å². The molecule has 0 saturated heterocycles. The van der Waals surface area contributed by atoms with Crippen molar-refractivity contribution in [1.82, 2.24) is 9.88 Å². The van der Waals surface area contributed by atoms with Gasteiger partial charge in [0.15, 0.2) is 0 Å². The molecule has 1 heterocycles. The molecule has 0 bridgehead atoms. The van der Waals surface area contributed by atoms with Crippen molar-refractivity contribution < 1.29 is 14.6 Å². The van der Waals surface area contributed by atoms with Gasteiger partial charge in [-0.15, -0.1) is 0 Å². The molecule has 0 aliphatic rings. The highest BCUT2D eigenvalue weighted by Gasteiger charge is 2.23. The van der Waals surface area contributed by atoms with E-state index in [-0.39, 0.29) is 12.3 Å². The van der Waals surface area contributed by atoms with Crippen molar-refractivity contribution in [2.45, 2.75) is 39.5 Å². The van der Waals surface area contributed by atoms with Crippen LogP contribution in [0.4, 0.5) is 4.79 Å². The molecule has 0 fully saturated rings. The number of carbonyl (C=O) groups excluding carboxylic acids is 1. The lowest BCUT2D eigenvalue weighted by Gasteiger charge is -2.27. The molecule has 0 aliphatic heterocycles. The van der Waals surface area contributed by atoms with Gasteiger partial charge in [0.05, 0.1) is 12.2 Å².